The molecule has 20 heavy (non-hydrogen) atoms. The van der Waals surface area contributed by atoms with Crippen molar-refractivity contribution in [3.05, 3.63) is 24.3 Å². The highest BCUT2D eigenvalue weighted by Crippen LogP contribution is 2.36. The number of tetrazole rings is 1. The first-order chi connectivity index (χ1) is 9.65. The minimum Gasteiger partial charge on any atom is -0.381 e. The molecule has 1 aliphatic rings. The Bertz CT molecular complexity index is 567. The van der Waals surface area contributed by atoms with E-state index < -0.39 is 0 Å². The molecule has 1 aliphatic heterocycles. The molecular formula is C14H19N5S. The van der Waals surface area contributed by atoms with Crippen molar-refractivity contribution < 1.29 is 0 Å². The molecule has 5 nitrogen and oxygen atoms in total. The molecule has 1 aromatic heterocycles. The van der Waals surface area contributed by atoms with Crippen LogP contribution in [-0.2, 0) is 0 Å². The molecule has 2 aromatic rings. The predicted octanol–water partition coefficient (Wildman–Crippen LogP) is 2.81. The summed E-state index contributed by atoms with van der Waals surface area (Å²) in [6.45, 7) is 4.68. The molecule has 1 atom stereocenters. The Labute approximate surface area is 122 Å². The number of hydrogen-bond donors (Lipinski definition) is 2. The van der Waals surface area contributed by atoms with Gasteiger partial charge in [-0.05, 0) is 34.9 Å². The highest BCUT2D eigenvalue weighted by Gasteiger charge is 2.32. The van der Waals surface area contributed by atoms with Crippen LogP contribution in [0.3, 0.4) is 0 Å². The molecule has 6 heteroatoms. The first-order valence-corrected chi connectivity index (χ1v) is 7.99. The molecule has 1 unspecified atom stereocenters. The Hall–Kier alpha value is -1.56. The van der Waals surface area contributed by atoms with Gasteiger partial charge in [0.05, 0.1) is 0 Å². The normalized spacial score (nSPS) is 21.6. The number of benzene rings is 1. The van der Waals surface area contributed by atoms with Gasteiger partial charge in [-0.15, -0.1) is 10.2 Å². The lowest BCUT2D eigenvalue weighted by Crippen LogP contribution is -2.41. The second kappa shape index (κ2) is 5.44. The first-order valence-electron chi connectivity index (χ1n) is 6.83. The zero-order chi connectivity index (χ0) is 14.0. The lowest BCUT2D eigenvalue weighted by Gasteiger charge is -2.39. The number of nitrogens with zero attached hydrogens (tertiary/aromatic N) is 3. The molecule has 2 heterocycles. The van der Waals surface area contributed by atoms with E-state index in [2.05, 4.69) is 51.9 Å². The lowest BCUT2D eigenvalue weighted by atomic mass is 9.82. The van der Waals surface area contributed by atoms with Gasteiger partial charge in [0, 0.05) is 23.0 Å². The molecule has 0 spiro atoms. The number of rotatable bonds is 3. The number of nitrogens with one attached hydrogen (secondary N) is 2. The van der Waals surface area contributed by atoms with Crippen molar-refractivity contribution >= 4 is 17.4 Å². The number of hydrogen-bond acceptors (Lipinski definition) is 5. The minimum atomic E-state index is 0.327. The molecule has 0 bridgehead atoms. The summed E-state index contributed by atoms with van der Waals surface area (Å²) in [5.41, 5.74) is 2.42. The number of aromatic amines is 1. The summed E-state index contributed by atoms with van der Waals surface area (Å²) in [6.07, 6.45) is 1.25. The zero-order valence-corrected chi connectivity index (χ0v) is 12.6. The van der Waals surface area contributed by atoms with Crippen LogP contribution in [0.1, 0.15) is 20.3 Å². The maximum absolute atomic E-state index is 4.02. The van der Waals surface area contributed by atoms with E-state index in [4.69, 9.17) is 0 Å². The van der Waals surface area contributed by atoms with E-state index in [1.54, 1.807) is 0 Å². The van der Waals surface area contributed by atoms with Gasteiger partial charge in [0.2, 0.25) is 5.82 Å². The van der Waals surface area contributed by atoms with Crippen LogP contribution >= 0.6 is 11.8 Å². The number of anilines is 1. The third-order valence-electron chi connectivity index (χ3n) is 3.93. The average Bonchev–Trinajstić information content (AvgIpc) is 2.96. The molecule has 0 saturated carbocycles. The summed E-state index contributed by atoms with van der Waals surface area (Å²) in [7, 11) is 0. The van der Waals surface area contributed by atoms with Crippen molar-refractivity contribution in [2.24, 2.45) is 5.41 Å². The summed E-state index contributed by atoms with van der Waals surface area (Å²) in [6, 6.07) is 8.69. The van der Waals surface area contributed by atoms with Crippen molar-refractivity contribution in [2.45, 2.75) is 26.3 Å². The van der Waals surface area contributed by atoms with Crippen LogP contribution in [0.4, 0.5) is 5.69 Å². The first kappa shape index (κ1) is 13.4. The smallest absolute Gasteiger partial charge is 0.204 e. The number of aromatic nitrogens is 4. The van der Waals surface area contributed by atoms with E-state index in [-0.39, 0.29) is 0 Å². The highest BCUT2D eigenvalue weighted by molar-refractivity contribution is 7.99. The van der Waals surface area contributed by atoms with Crippen LogP contribution in [-0.4, -0.2) is 38.2 Å². The van der Waals surface area contributed by atoms with Crippen LogP contribution in [0.25, 0.3) is 11.4 Å². The van der Waals surface area contributed by atoms with Gasteiger partial charge in [0.15, 0.2) is 0 Å². The van der Waals surface area contributed by atoms with Crippen molar-refractivity contribution in [3.63, 3.8) is 0 Å². The molecule has 1 aromatic carbocycles. The lowest BCUT2D eigenvalue weighted by molar-refractivity contribution is 0.305. The van der Waals surface area contributed by atoms with Crippen LogP contribution in [0, 0.1) is 5.41 Å². The van der Waals surface area contributed by atoms with Gasteiger partial charge in [0.1, 0.15) is 0 Å². The summed E-state index contributed by atoms with van der Waals surface area (Å²) in [4.78, 5) is 0. The van der Waals surface area contributed by atoms with Gasteiger partial charge in [0.25, 0.3) is 0 Å². The predicted molar refractivity (Wildman–Crippen MR) is 82.7 cm³/mol. The van der Waals surface area contributed by atoms with Crippen molar-refractivity contribution in [1.29, 1.82) is 0 Å². The third kappa shape index (κ3) is 2.80. The van der Waals surface area contributed by atoms with Gasteiger partial charge in [-0.1, -0.05) is 26.0 Å². The summed E-state index contributed by atoms with van der Waals surface area (Å²) < 4.78 is 0. The topological polar surface area (TPSA) is 66.5 Å². The fourth-order valence-electron chi connectivity index (χ4n) is 2.41. The molecule has 0 radical (unpaired) electrons. The Morgan fingerprint density at radius 3 is 3.05 bits per heavy atom. The standard InChI is InChI=1S/C14H19N5S/c1-14(2)6-7-20-9-12(14)15-11-5-3-4-10(8-11)13-16-18-19-17-13/h3-5,8,12,15H,6-7,9H2,1-2H3,(H,16,17,18,19). The number of thioether (sulfide) groups is 1. The Morgan fingerprint density at radius 1 is 1.40 bits per heavy atom. The van der Waals surface area contributed by atoms with Crippen LogP contribution in [0.2, 0.25) is 0 Å². The fraction of sp³-hybridized carbons (Fsp3) is 0.500. The largest absolute Gasteiger partial charge is 0.381 e. The Kier molecular flexibility index (Phi) is 3.65. The quantitative estimate of drug-likeness (QED) is 0.909. The summed E-state index contributed by atoms with van der Waals surface area (Å²) >= 11 is 2.02. The summed E-state index contributed by atoms with van der Waals surface area (Å²) in [5, 5.41) is 17.8. The Morgan fingerprint density at radius 2 is 2.30 bits per heavy atom. The second-order valence-electron chi connectivity index (χ2n) is 5.83. The van der Waals surface area contributed by atoms with Crippen LogP contribution in [0.15, 0.2) is 24.3 Å². The van der Waals surface area contributed by atoms with E-state index in [1.165, 1.54) is 12.2 Å². The maximum Gasteiger partial charge on any atom is 0.204 e. The molecule has 1 saturated heterocycles. The van der Waals surface area contributed by atoms with Gasteiger partial charge in [-0.2, -0.15) is 17.0 Å². The van der Waals surface area contributed by atoms with E-state index >= 15 is 0 Å². The Balaban J connectivity index is 1.79. The van der Waals surface area contributed by atoms with Crippen LogP contribution < -0.4 is 5.32 Å². The van der Waals surface area contributed by atoms with Gasteiger partial charge in [-0.3, -0.25) is 0 Å². The molecule has 106 valence electrons. The molecule has 0 amide bonds. The van der Waals surface area contributed by atoms with Gasteiger partial charge < -0.3 is 5.32 Å². The highest BCUT2D eigenvalue weighted by atomic mass is 32.2. The molecule has 1 fully saturated rings. The zero-order valence-electron chi connectivity index (χ0n) is 11.8. The molecule has 3 rings (SSSR count). The minimum absolute atomic E-state index is 0.327. The van der Waals surface area contributed by atoms with Crippen molar-refractivity contribution in [3.8, 4) is 11.4 Å². The molecular weight excluding hydrogens is 270 g/mol. The molecule has 2 N–H and O–H groups in total. The molecule has 0 aliphatic carbocycles. The monoisotopic (exact) mass is 289 g/mol. The van der Waals surface area contributed by atoms with E-state index in [0.29, 0.717) is 17.3 Å². The fourth-order valence-corrected chi connectivity index (χ4v) is 4.01. The van der Waals surface area contributed by atoms with Crippen LogP contribution in [0.5, 0.6) is 0 Å². The van der Waals surface area contributed by atoms with Gasteiger partial charge >= 0.3 is 0 Å². The van der Waals surface area contributed by atoms with Gasteiger partial charge in [-0.25, -0.2) is 0 Å². The number of H-pyrrole nitrogens is 1. The SMILES string of the molecule is CC1(C)CCSCC1Nc1cccc(-c2nn[nH]n2)c1. The third-order valence-corrected chi connectivity index (χ3v) is 4.99. The van der Waals surface area contributed by atoms with E-state index in [1.807, 2.05) is 23.9 Å². The van der Waals surface area contributed by atoms with E-state index in [9.17, 15) is 0 Å². The second-order valence-corrected chi connectivity index (χ2v) is 6.98. The van der Waals surface area contributed by atoms with Crippen molar-refractivity contribution in [1.82, 2.24) is 20.6 Å². The maximum atomic E-state index is 4.02. The summed E-state index contributed by atoms with van der Waals surface area (Å²) in [5.74, 6) is 3.04. The van der Waals surface area contributed by atoms with Crippen molar-refractivity contribution in [2.75, 3.05) is 16.8 Å². The average molecular weight is 289 g/mol. The van der Waals surface area contributed by atoms with E-state index in [0.717, 1.165) is 17.0 Å².